The van der Waals surface area contributed by atoms with Gasteiger partial charge in [-0.05, 0) is 50.1 Å². The lowest BCUT2D eigenvalue weighted by Gasteiger charge is -2.42. The smallest absolute Gasteiger partial charge is 0.00965 e. The van der Waals surface area contributed by atoms with Crippen molar-refractivity contribution >= 4 is 0 Å². The Labute approximate surface area is 101 Å². The molecule has 2 aliphatic carbocycles. The van der Waals surface area contributed by atoms with Crippen LogP contribution in [0.5, 0.6) is 0 Å². The molecular formula is C14H28N2. The number of nitrogens with two attached hydrogens (primary N) is 1. The molecule has 0 radical (unpaired) electrons. The third-order valence-electron chi connectivity index (χ3n) is 4.78. The monoisotopic (exact) mass is 224 g/mol. The molecule has 94 valence electrons. The van der Waals surface area contributed by atoms with Gasteiger partial charge in [0.05, 0.1) is 0 Å². The summed E-state index contributed by atoms with van der Waals surface area (Å²) in [5, 5.41) is 0. The minimum Gasteiger partial charge on any atom is -0.330 e. The summed E-state index contributed by atoms with van der Waals surface area (Å²) in [5.74, 6) is 0.927. The Morgan fingerprint density at radius 2 is 1.81 bits per heavy atom. The van der Waals surface area contributed by atoms with Gasteiger partial charge in [0.25, 0.3) is 0 Å². The van der Waals surface area contributed by atoms with Gasteiger partial charge in [-0.2, -0.15) is 0 Å². The molecule has 0 aromatic carbocycles. The molecule has 2 rings (SSSR count). The first kappa shape index (κ1) is 12.4. The minimum absolute atomic E-state index is 0.450. The Morgan fingerprint density at radius 3 is 2.25 bits per heavy atom. The zero-order valence-electron chi connectivity index (χ0n) is 11.0. The molecule has 0 heterocycles. The summed E-state index contributed by atoms with van der Waals surface area (Å²) in [6.07, 6.45) is 8.33. The SMILES string of the molecule is CCN(CC1(CN)CCC(C)CC1)C1CC1. The molecule has 0 amide bonds. The third-order valence-corrected chi connectivity index (χ3v) is 4.78. The van der Waals surface area contributed by atoms with E-state index in [-0.39, 0.29) is 0 Å². The standard InChI is InChI=1S/C14H28N2/c1-3-16(13-4-5-13)11-14(10-15)8-6-12(2)7-9-14/h12-13H,3-11,15H2,1-2H3. The van der Waals surface area contributed by atoms with Crippen LogP contribution in [0.1, 0.15) is 52.4 Å². The Morgan fingerprint density at radius 1 is 1.19 bits per heavy atom. The maximum atomic E-state index is 6.08. The highest BCUT2D eigenvalue weighted by molar-refractivity contribution is 4.92. The molecule has 0 saturated heterocycles. The molecule has 2 heteroatoms. The van der Waals surface area contributed by atoms with Crippen LogP contribution < -0.4 is 5.73 Å². The largest absolute Gasteiger partial charge is 0.330 e. The van der Waals surface area contributed by atoms with Gasteiger partial charge in [-0.25, -0.2) is 0 Å². The van der Waals surface area contributed by atoms with Gasteiger partial charge < -0.3 is 10.6 Å². The van der Waals surface area contributed by atoms with Gasteiger partial charge in [0.2, 0.25) is 0 Å². The molecule has 0 spiro atoms. The Hall–Kier alpha value is -0.0800. The van der Waals surface area contributed by atoms with E-state index >= 15 is 0 Å². The Bertz CT molecular complexity index is 215. The van der Waals surface area contributed by atoms with Crippen molar-refractivity contribution in [1.29, 1.82) is 0 Å². The van der Waals surface area contributed by atoms with Crippen LogP contribution in [-0.2, 0) is 0 Å². The number of hydrogen-bond donors (Lipinski definition) is 1. The molecule has 2 nitrogen and oxygen atoms in total. The molecule has 0 bridgehead atoms. The Balaban J connectivity index is 1.92. The highest BCUT2D eigenvalue weighted by Crippen LogP contribution is 2.40. The molecule has 0 atom stereocenters. The van der Waals surface area contributed by atoms with E-state index in [0.717, 1.165) is 18.5 Å². The zero-order valence-corrected chi connectivity index (χ0v) is 11.0. The van der Waals surface area contributed by atoms with Gasteiger partial charge >= 0.3 is 0 Å². The van der Waals surface area contributed by atoms with Gasteiger partial charge in [-0.1, -0.05) is 26.7 Å². The predicted molar refractivity (Wildman–Crippen MR) is 69.4 cm³/mol. The van der Waals surface area contributed by atoms with E-state index in [4.69, 9.17) is 5.73 Å². The van der Waals surface area contributed by atoms with Gasteiger partial charge in [-0.15, -0.1) is 0 Å². The molecule has 0 aromatic rings. The summed E-state index contributed by atoms with van der Waals surface area (Å²) >= 11 is 0. The first-order valence-corrected chi connectivity index (χ1v) is 7.13. The summed E-state index contributed by atoms with van der Waals surface area (Å²) in [5.41, 5.74) is 6.53. The van der Waals surface area contributed by atoms with Crippen molar-refractivity contribution in [3.63, 3.8) is 0 Å². The van der Waals surface area contributed by atoms with Crippen LogP contribution in [-0.4, -0.2) is 30.6 Å². The molecule has 0 unspecified atom stereocenters. The summed E-state index contributed by atoms with van der Waals surface area (Å²) in [4.78, 5) is 2.68. The highest BCUT2D eigenvalue weighted by Gasteiger charge is 2.38. The molecule has 0 aromatic heterocycles. The molecule has 2 aliphatic rings. The van der Waals surface area contributed by atoms with Crippen molar-refractivity contribution in [3.8, 4) is 0 Å². The van der Waals surface area contributed by atoms with Crippen molar-refractivity contribution in [2.24, 2.45) is 17.1 Å². The summed E-state index contributed by atoms with van der Waals surface area (Å²) in [6.45, 7) is 8.05. The van der Waals surface area contributed by atoms with Gasteiger partial charge in [0, 0.05) is 12.6 Å². The summed E-state index contributed by atoms with van der Waals surface area (Å²) in [7, 11) is 0. The summed E-state index contributed by atoms with van der Waals surface area (Å²) < 4.78 is 0. The van der Waals surface area contributed by atoms with Gasteiger partial charge in [-0.3, -0.25) is 0 Å². The molecule has 0 aliphatic heterocycles. The van der Waals surface area contributed by atoms with Crippen LogP contribution in [0.2, 0.25) is 0 Å². The first-order chi connectivity index (χ1) is 7.69. The van der Waals surface area contributed by atoms with Crippen molar-refractivity contribution in [2.75, 3.05) is 19.6 Å². The van der Waals surface area contributed by atoms with Crippen molar-refractivity contribution in [1.82, 2.24) is 4.90 Å². The van der Waals surface area contributed by atoms with Crippen molar-refractivity contribution in [3.05, 3.63) is 0 Å². The van der Waals surface area contributed by atoms with E-state index in [1.807, 2.05) is 0 Å². The van der Waals surface area contributed by atoms with Crippen LogP contribution >= 0.6 is 0 Å². The topological polar surface area (TPSA) is 29.3 Å². The third kappa shape index (κ3) is 2.78. The van der Waals surface area contributed by atoms with Gasteiger partial charge in [0.1, 0.15) is 0 Å². The maximum absolute atomic E-state index is 6.08. The molecule has 2 fully saturated rings. The second kappa shape index (κ2) is 5.05. The van der Waals surface area contributed by atoms with E-state index in [0.29, 0.717) is 5.41 Å². The second-order valence-corrected chi connectivity index (χ2v) is 6.18. The fourth-order valence-corrected chi connectivity index (χ4v) is 3.17. The van der Waals surface area contributed by atoms with Crippen LogP contribution in [0.4, 0.5) is 0 Å². The number of rotatable bonds is 5. The maximum Gasteiger partial charge on any atom is 0.00965 e. The van der Waals surface area contributed by atoms with E-state index in [2.05, 4.69) is 18.7 Å². The molecule has 2 saturated carbocycles. The van der Waals surface area contributed by atoms with E-state index < -0.39 is 0 Å². The van der Waals surface area contributed by atoms with Crippen LogP contribution in [0.15, 0.2) is 0 Å². The predicted octanol–water partition coefficient (Wildman–Crippen LogP) is 2.63. The van der Waals surface area contributed by atoms with Crippen molar-refractivity contribution < 1.29 is 0 Å². The van der Waals surface area contributed by atoms with Crippen molar-refractivity contribution in [2.45, 2.75) is 58.4 Å². The number of nitrogens with zero attached hydrogens (tertiary/aromatic N) is 1. The van der Waals surface area contributed by atoms with Crippen LogP contribution in [0.3, 0.4) is 0 Å². The lowest BCUT2D eigenvalue weighted by Crippen LogP contribution is -2.45. The molecule has 16 heavy (non-hydrogen) atoms. The molecule has 2 N–H and O–H groups in total. The average molecular weight is 224 g/mol. The van der Waals surface area contributed by atoms with E-state index in [9.17, 15) is 0 Å². The van der Waals surface area contributed by atoms with Crippen LogP contribution in [0, 0.1) is 11.3 Å². The quantitative estimate of drug-likeness (QED) is 0.778. The molecular weight excluding hydrogens is 196 g/mol. The fraction of sp³-hybridized carbons (Fsp3) is 1.00. The normalized spacial score (nSPS) is 35.6. The zero-order chi connectivity index (χ0) is 11.6. The highest BCUT2D eigenvalue weighted by atomic mass is 15.2. The first-order valence-electron chi connectivity index (χ1n) is 7.13. The fourth-order valence-electron chi connectivity index (χ4n) is 3.17. The lowest BCUT2D eigenvalue weighted by atomic mass is 9.70. The second-order valence-electron chi connectivity index (χ2n) is 6.18. The lowest BCUT2D eigenvalue weighted by molar-refractivity contribution is 0.0934. The van der Waals surface area contributed by atoms with Gasteiger partial charge in [0.15, 0.2) is 0 Å². The minimum atomic E-state index is 0.450. The van der Waals surface area contributed by atoms with E-state index in [1.54, 1.807) is 0 Å². The average Bonchev–Trinajstić information content (AvgIpc) is 3.13. The van der Waals surface area contributed by atoms with Crippen LogP contribution in [0.25, 0.3) is 0 Å². The number of hydrogen-bond acceptors (Lipinski definition) is 2. The van der Waals surface area contributed by atoms with E-state index in [1.165, 1.54) is 51.6 Å². The Kier molecular flexibility index (Phi) is 3.91. The summed E-state index contributed by atoms with van der Waals surface area (Å²) in [6, 6.07) is 0.896.